The first kappa shape index (κ1) is 24.4. The minimum atomic E-state index is 0.0960. The summed E-state index contributed by atoms with van der Waals surface area (Å²) in [5.41, 5.74) is 8.63. The molecule has 0 unspecified atom stereocenters. The van der Waals surface area contributed by atoms with Gasteiger partial charge in [0.2, 0.25) is 0 Å². The molecule has 2 rings (SSSR count). The van der Waals surface area contributed by atoms with Crippen LogP contribution >= 0.6 is 0 Å². The molecule has 0 saturated heterocycles. The van der Waals surface area contributed by atoms with Crippen molar-refractivity contribution in [1.29, 1.82) is 0 Å². The molecule has 0 aromatic carbocycles. The summed E-state index contributed by atoms with van der Waals surface area (Å²) in [6.45, 7) is 20.7. The number of nitrogens with zero attached hydrogens (tertiary/aromatic N) is 4. The predicted octanol–water partition coefficient (Wildman–Crippen LogP) is 3.76. The Hall–Kier alpha value is -1.60. The molecule has 0 saturated carbocycles. The fourth-order valence-electron chi connectivity index (χ4n) is 2.90. The quantitative estimate of drug-likeness (QED) is 0.630. The molecular weight excluding hydrogens is 352 g/mol. The first-order valence-electron chi connectivity index (χ1n) is 10.6. The Bertz CT molecular complexity index is 579. The summed E-state index contributed by atoms with van der Waals surface area (Å²) >= 11 is 0. The lowest BCUT2D eigenvalue weighted by Crippen LogP contribution is -2.36. The first-order valence-corrected chi connectivity index (χ1v) is 10.6. The van der Waals surface area contributed by atoms with Gasteiger partial charge in [-0.1, -0.05) is 46.8 Å². The van der Waals surface area contributed by atoms with Gasteiger partial charge in [0.25, 0.3) is 0 Å². The maximum atomic E-state index is 5.48. The second kappa shape index (κ2) is 12.1. The molecule has 1 aliphatic rings. The molecule has 0 bridgehead atoms. The summed E-state index contributed by atoms with van der Waals surface area (Å²) in [4.78, 5) is 0. The third kappa shape index (κ3) is 10.1. The van der Waals surface area contributed by atoms with E-state index in [2.05, 4.69) is 75.9 Å². The monoisotopic (exact) mass is 394 g/mol. The SMILES string of the molecule is CCN1C=C(CC(C)C)NN1.CCOCC(C)(C)Cn1cc(CC(C)C)nn1. The van der Waals surface area contributed by atoms with Gasteiger partial charge >= 0.3 is 0 Å². The minimum absolute atomic E-state index is 0.0960. The van der Waals surface area contributed by atoms with Gasteiger partial charge in [-0.2, -0.15) is 0 Å². The van der Waals surface area contributed by atoms with Gasteiger partial charge in [-0.25, -0.2) is 0 Å². The summed E-state index contributed by atoms with van der Waals surface area (Å²) in [6.07, 6.45) is 6.28. The summed E-state index contributed by atoms with van der Waals surface area (Å²) in [5, 5.41) is 10.4. The zero-order valence-electron chi connectivity index (χ0n) is 19.2. The Kier molecular flexibility index (Phi) is 10.5. The van der Waals surface area contributed by atoms with Crippen LogP contribution in [0.1, 0.15) is 67.5 Å². The van der Waals surface area contributed by atoms with E-state index in [0.29, 0.717) is 11.8 Å². The van der Waals surface area contributed by atoms with Crippen LogP contribution in [0.3, 0.4) is 0 Å². The zero-order chi connectivity index (χ0) is 21.2. The normalized spacial score (nSPS) is 14.2. The molecule has 0 fully saturated rings. The topological polar surface area (TPSA) is 67.2 Å². The Morgan fingerprint density at radius 1 is 1.11 bits per heavy atom. The van der Waals surface area contributed by atoms with Crippen molar-refractivity contribution in [2.45, 2.75) is 74.8 Å². The van der Waals surface area contributed by atoms with E-state index in [9.17, 15) is 0 Å². The summed E-state index contributed by atoms with van der Waals surface area (Å²) in [7, 11) is 0. The van der Waals surface area contributed by atoms with Gasteiger partial charge < -0.3 is 10.2 Å². The fourth-order valence-corrected chi connectivity index (χ4v) is 2.90. The number of hydrazine groups is 2. The molecule has 2 N–H and O–H groups in total. The summed E-state index contributed by atoms with van der Waals surface area (Å²) in [5.74, 6) is 1.34. The van der Waals surface area contributed by atoms with E-state index in [0.717, 1.165) is 44.8 Å². The van der Waals surface area contributed by atoms with Gasteiger partial charge in [-0.3, -0.25) is 9.69 Å². The molecule has 162 valence electrons. The van der Waals surface area contributed by atoms with Crippen LogP contribution in [0.15, 0.2) is 18.1 Å². The highest BCUT2D eigenvalue weighted by Gasteiger charge is 2.19. The molecule has 28 heavy (non-hydrogen) atoms. The molecule has 7 nitrogen and oxygen atoms in total. The van der Waals surface area contributed by atoms with Crippen LogP contribution in [0.2, 0.25) is 0 Å². The van der Waals surface area contributed by atoms with Crippen molar-refractivity contribution in [2.24, 2.45) is 17.3 Å². The molecule has 2 heterocycles. The minimum Gasteiger partial charge on any atom is -0.381 e. The van der Waals surface area contributed by atoms with Crippen LogP contribution in [-0.2, 0) is 17.7 Å². The Balaban J connectivity index is 0.000000307. The standard InChI is InChI=1S/C13H25N3O.C8H17N3/c1-6-17-10-13(4,5)9-16-8-12(14-15-16)7-11(2)3;1-4-11-6-8(9-10-11)5-7(2)3/h8,11H,6-7,9-10H2,1-5H3;6-7,9-10H,4-5H2,1-3H3. The van der Waals surface area contributed by atoms with Crippen LogP contribution in [0.4, 0.5) is 0 Å². The number of nitrogens with one attached hydrogen (secondary N) is 2. The van der Waals surface area contributed by atoms with Crippen molar-refractivity contribution < 1.29 is 4.74 Å². The van der Waals surface area contributed by atoms with E-state index in [1.807, 2.05) is 22.8 Å². The maximum absolute atomic E-state index is 5.48. The Labute approximate surface area is 171 Å². The summed E-state index contributed by atoms with van der Waals surface area (Å²) < 4.78 is 7.41. The number of aromatic nitrogens is 3. The second-order valence-corrected chi connectivity index (χ2v) is 9.08. The van der Waals surface area contributed by atoms with E-state index in [-0.39, 0.29) is 5.41 Å². The van der Waals surface area contributed by atoms with Gasteiger partial charge in [0, 0.05) is 43.2 Å². The largest absolute Gasteiger partial charge is 0.381 e. The maximum Gasteiger partial charge on any atom is 0.0829 e. The number of ether oxygens (including phenoxy) is 1. The van der Waals surface area contributed by atoms with Gasteiger partial charge in [-0.05, 0) is 38.5 Å². The van der Waals surface area contributed by atoms with Crippen LogP contribution in [0.5, 0.6) is 0 Å². The van der Waals surface area contributed by atoms with Gasteiger partial charge in [0.05, 0.1) is 12.3 Å². The number of rotatable bonds is 10. The van der Waals surface area contributed by atoms with E-state index < -0.39 is 0 Å². The molecule has 1 aliphatic heterocycles. The molecule has 1 aromatic rings. The van der Waals surface area contributed by atoms with Crippen molar-refractivity contribution >= 4 is 0 Å². The number of hydrogen-bond donors (Lipinski definition) is 2. The number of allylic oxidation sites excluding steroid dienone is 1. The van der Waals surface area contributed by atoms with E-state index >= 15 is 0 Å². The fraction of sp³-hybridized carbons (Fsp3) is 0.810. The highest BCUT2D eigenvalue weighted by molar-refractivity contribution is 5.01. The van der Waals surface area contributed by atoms with Gasteiger partial charge in [-0.15, -0.1) is 10.6 Å². The van der Waals surface area contributed by atoms with Crippen molar-refractivity contribution in [3.8, 4) is 0 Å². The van der Waals surface area contributed by atoms with Crippen molar-refractivity contribution in [2.75, 3.05) is 19.8 Å². The Morgan fingerprint density at radius 3 is 2.32 bits per heavy atom. The highest BCUT2D eigenvalue weighted by Crippen LogP contribution is 2.18. The molecule has 0 radical (unpaired) electrons. The third-order valence-electron chi connectivity index (χ3n) is 4.13. The zero-order valence-corrected chi connectivity index (χ0v) is 19.2. The molecule has 0 aliphatic carbocycles. The molecule has 1 aromatic heterocycles. The van der Waals surface area contributed by atoms with E-state index in [1.165, 1.54) is 5.70 Å². The lowest BCUT2D eigenvalue weighted by molar-refractivity contribution is 0.0587. The molecule has 0 atom stereocenters. The van der Waals surface area contributed by atoms with Crippen LogP contribution in [0, 0.1) is 17.3 Å². The lowest BCUT2D eigenvalue weighted by Gasteiger charge is -2.23. The second-order valence-electron chi connectivity index (χ2n) is 9.08. The molecule has 0 spiro atoms. The molecular formula is C21H42N6O. The Morgan fingerprint density at radius 2 is 1.79 bits per heavy atom. The van der Waals surface area contributed by atoms with Gasteiger partial charge in [0.1, 0.15) is 0 Å². The van der Waals surface area contributed by atoms with Crippen molar-refractivity contribution in [1.82, 2.24) is 31.0 Å². The molecule has 0 amide bonds. The third-order valence-corrected chi connectivity index (χ3v) is 4.13. The van der Waals surface area contributed by atoms with Crippen LogP contribution in [-0.4, -0.2) is 39.8 Å². The van der Waals surface area contributed by atoms with Crippen molar-refractivity contribution in [3.05, 3.63) is 23.8 Å². The van der Waals surface area contributed by atoms with E-state index in [4.69, 9.17) is 4.74 Å². The lowest BCUT2D eigenvalue weighted by atomic mass is 9.95. The molecule has 7 heteroatoms. The summed E-state index contributed by atoms with van der Waals surface area (Å²) in [6, 6.07) is 0. The number of hydrogen-bond acceptors (Lipinski definition) is 6. The van der Waals surface area contributed by atoms with Crippen LogP contribution < -0.4 is 11.0 Å². The van der Waals surface area contributed by atoms with Crippen molar-refractivity contribution in [3.63, 3.8) is 0 Å². The smallest absolute Gasteiger partial charge is 0.0829 e. The van der Waals surface area contributed by atoms with E-state index in [1.54, 1.807) is 0 Å². The average molecular weight is 395 g/mol. The first-order chi connectivity index (χ1) is 13.1. The van der Waals surface area contributed by atoms with Gasteiger partial charge in [0.15, 0.2) is 0 Å². The van der Waals surface area contributed by atoms with Crippen LogP contribution in [0.25, 0.3) is 0 Å². The average Bonchev–Trinajstić information content (AvgIpc) is 3.21. The predicted molar refractivity (Wildman–Crippen MR) is 115 cm³/mol. The highest BCUT2D eigenvalue weighted by atomic mass is 16.5.